The molecule has 0 bridgehead atoms. The smallest absolute Gasteiger partial charge is 0.319 e. The Morgan fingerprint density at radius 2 is 2.05 bits per heavy atom. The van der Waals surface area contributed by atoms with Crippen LogP contribution in [0, 0.1) is 0 Å². The predicted molar refractivity (Wildman–Crippen MR) is 84.8 cm³/mol. The Morgan fingerprint density at radius 3 is 2.86 bits per heavy atom. The van der Waals surface area contributed by atoms with Gasteiger partial charge in [0.2, 0.25) is 5.91 Å². The fraction of sp³-hybridized carbons (Fsp3) is 0.467. The molecule has 21 heavy (non-hydrogen) atoms. The summed E-state index contributed by atoms with van der Waals surface area (Å²) >= 11 is 1.51. The molecular weight excluding hydrogens is 286 g/mol. The average molecular weight is 305 g/mol. The predicted octanol–water partition coefficient (Wildman–Crippen LogP) is 3.19. The molecule has 0 spiro atoms. The molecule has 1 aliphatic carbocycles. The molecule has 0 radical (unpaired) electrons. The molecule has 112 valence electrons. The number of rotatable bonds is 2. The Balaban J connectivity index is 1.60. The number of benzene rings is 1. The largest absolute Gasteiger partial charge is 0.335 e. The fourth-order valence-corrected chi connectivity index (χ4v) is 3.55. The third-order valence-electron chi connectivity index (χ3n) is 3.81. The Hall–Kier alpha value is -1.69. The molecule has 1 fully saturated rings. The standard InChI is InChI=1S/C15H19N3O2S/c19-14-9-21-13-7-6-11(8-12(13)18-14)17-15(20)16-10-4-2-1-3-5-10/h6-8,10H,1-5,9H2,(H,18,19)(H2,16,17,20). The van der Waals surface area contributed by atoms with Crippen molar-refractivity contribution in [2.45, 2.75) is 43.0 Å². The summed E-state index contributed by atoms with van der Waals surface area (Å²) in [6.07, 6.45) is 5.76. The monoisotopic (exact) mass is 305 g/mol. The van der Waals surface area contributed by atoms with Gasteiger partial charge in [-0.15, -0.1) is 11.8 Å². The lowest BCUT2D eigenvalue weighted by molar-refractivity contribution is -0.113. The van der Waals surface area contributed by atoms with E-state index in [2.05, 4.69) is 16.0 Å². The minimum absolute atomic E-state index is 0.00342. The lowest BCUT2D eigenvalue weighted by Crippen LogP contribution is -2.39. The molecule has 3 N–H and O–H groups in total. The molecule has 1 aromatic carbocycles. The van der Waals surface area contributed by atoms with Crippen molar-refractivity contribution in [2.24, 2.45) is 0 Å². The van der Waals surface area contributed by atoms with Gasteiger partial charge in [-0.1, -0.05) is 19.3 Å². The summed E-state index contributed by atoms with van der Waals surface area (Å²) in [5.41, 5.74) is 1.47. The van der Waals surface area contributed by atoms with Crippen LogP contribution in [0.4, 0.5) is 16.2 Å². The molecule has 1 saturated carbocycles. The molecule has 3 rings (SSSR count). The van der Waals surface area contributed by atoms with E-state index >= 15 is 0 Å². The van der Waals surface area contributed by atoms with Crippen LogP contribution in [0.5, 0.6) is 0 Å². The first-order valence-corrected chi connectivity index (χ1v) is 8.33. The van der Waals surface area contributed by atoms with E-state index in [4.69, 9.17) is 0 Å². The molecule has 2 aliphatic rings. The number of carbonyl (C=O) groups is 2. The van der Waals surface area contributed by atoms with Gasteiger partial charge >= 0.3 is 6.03 Å². The van der Waals surface area contributed by atoms with Crippen molar-refractivity contribution in [2.75, 3.05) is 16.4 Å². The lowest BCUT2D eigenvalue weighted by atomic mass is 9.96. The van der Waals surface area contributed by atoms with Crippen molar-refractivity contribution >= 4 is 35.1 Å². The number of nitrogens with one attached hydrogen (secondary N) is 3. The molecule has 1 aromatic rings. The number of amides is 3. The lowest BCUT2D eigenvalue weighted by Gasteiger charge is -2.23. The number of anilines is 2. The van der Waals surface area contributed by atoms with Gasteiger partial charge in [-0.3, -0.25) is 4.79 Å². The van der Waals surface area contributed by atoms with Gasteiger partial charge in [-0.2, -0.15) is 0 Å². The van der Waals surface area contributed by atoms with Crippen molar-refractivity contribution in [3.63, 3.8) is 0 Å². The summed E-state index contributed by atoms with van der Waals surface area (Å²) in [6, 6.07) is 5.71. The van der Waals surface area contributed by atoms with E-state index in [1.54, 1.807) is 6.07 Å². The van der Waals surface area contributed by atoms with Gasteiger partial charge < -0.3 is 16.0 Å². The fourth-order valence-electron chi connectivity index (χ4n) is 2.76. The van der Waals surface area contributed by atoms with E-state index in [1.807, 2.05) is 12.1 Å². The molecule has 1 aliphatic heterocycles. The maximum atomic E-state index is 12.0. The van der Waals surface area contributed by atoms with Crippen LogP contribution >= 0.6 is 11.8 Å². The van der Waals surface area contributed by atoms with E-state index in [1.165, 1.54) is 31.0 Å². The highest BCUT2D eigenvalue weighted by Gasteiger charge is 2.18. The number of urea groups is 1. The highest BCUT2D eigenvalue weighted by Crippen LogP contribution is 2.33. The summed E-state index contributed by atoms with van der Waals surface area (Å²) in [5, 5.41) is 8.68. The van der Waals surface area contributed by atoms with Gasteiger partial charge in [-0.05, 0) is 31.0 Å². The Kier molecular flexibility index (Phi) is 4.34. The van der Waals surface area contributed by atoms with Crippen LogP contribution in [0.25, 0.3) is 0 Å². The molecule has 6 heteroatoms. The molecule has 3 amide bonds. The van der Waals surface area contributed by atoms with Gasteiger partial charge in [0.25, 0.3) is 0 Å². The van der Waals surface area contributed by atoms with Crippen molar-refractivity contribution in [1.29, 1.82) is 0 Å². The first kappa shape index (κ1) is 14.3. The van der Waals surface area contributed by atoms with Gasteiger partial charge in [0.15, 0.2) is 0 Å². The zero-order valence-corrected chi connectivity index (χ0v) is 12.6. The second kappa shape index (κ2) is 6.39. The molecule has 5 nitrogen and oxygen atoms in total. The zero-order chi connectivity index (χ0) is 14.7. The highest BCUT2D eigenvalue weighted by atomic mass is 32.2. The van der Waals surface area contributed by atoms with Crippen molar-refractivity contribution in [3.05, 3.63) is 18.2 Å². The Labute approximate surface area is 128 Å². The van der Waals surface area contributed by atoms with Gasteiger partial charge in [0, 0.05) is 16.6 Å². The Morgan fingerprint density at radius 1 is 1.24 bits per heavy atom. The first-order chi connectivity index (χ1) is 10.2. The van der Waals surface area contributed by atoms with Crippen molar-refractivity contribution in [3.8, 4) is 0 Å². The van der Waals surface area contributed by atoms with Crippen LogP contribution in [-0.4, -0.2) is 23.7 Å². The second-order valence-electron chi connectivity index (χ2n) is 5.48. The van der Waals surface area contributed by atoms with Crippen molar-refractivity contribution < 1.29 is 9.59 Å². The Bertz CT molecular complexity index is 556. The average Bonchev–Trinajstić information content (AvgIpc) is 2.47. The van der Waals surface area contributed by atoms with Crippen LogP contribution in [0.1, 0.15) is 32.1 Å². The van der Waals surface area contributed by atoms with Gasteiger partial charge in [-0.25, -0.2) is 4.79 Å². The first-order valence-electron chi connectivity index (χ1n) is 7.35. The number of carbonyl (C=O) groups excluding carboxylic acids is 2. The molecule has 1 heterocycles. The van der Waals surface area contributed by atoms with Crippen molar-refractivity contribution in [1.82, 2.24) is 5.32 Å². The van der Waals surface area contributed by atoms with E-state index in [9.17, 15) is 9.59 Å². The number of fused-ring (bicyclic) bond motifs is 1. The van der Waals surface area contributed by atoms with E-state index in [0.717, 1.165) is 23.4 Å². The summed E-state index contributed by atoms with van der Waals surface area (Å²) in [6.45, 7) is 0. The SMILES string of the molecule is O=C1CSc2ccc(NC(=O)NC3CCCCC3)cc2N1. The van der Waals surface area contributed by atoms with Crippen LogP contribution < -0.4 is 16.0 Å². The number of thioether (sulfide) groups is 1. The third kappa shape index (κ3) is 3.69. The summed E-state index contributed by atoms with van der Waals surface area (Å²) in [5.74, 6) is 0.443. The molecule has 0 saturated heterocycles. The normalized spacial score (nSPS) is 18.6. The van der Waals surface area contributed by atoms with E-state index < -0.39 is 0 Å². The van der Waals surface area contributed by atoms with E-state index in [-0.39, 0.29) is 18.0 Å². The highest BCUT2D eigenvalue weighted by molar-refractivity contribution is 8.00. The van der Waals surface area contributed by atoms with Crippen LogP contribution in [-0.2, 0) is 4.79 Å². The molecular formula is C15H19N3O2S. The quantitative estimate of drug-likeness (QED) is 0.786. The van der Waals surface area contributed by atoms with E-state index in [0.29, 0.717) is 11.4 Å². The van der Waals surface area contributed by atoms with Gasteiger partial charge in [0.1, 0.15) is 0 Å². The topological polar surface area (TPSA) is 70.2 Å². The summed E-state index contributed by atoms with van der Waals surface area (Å²) in [4.78, 5) is 24.4. The van der Waals surface area contributed by atoms with Crippen LogP contribution in [0.2, 0.25) is 0 Å². The molecule has 0 unspecified atom stereocenters. The minimum Gasteiger partial charge on any atom is -0.335 e. The maximum Gasteiger partial charge on any atom is 0.319 e. The van der Waals surface area contributed by atoms with Gasteiger partial charge in [0.05, 0.1) is 11.4 Å². The zero-order valence-electron chi connectivity index (χ0n) is 11.8. The minimum atomic E-state index is -0.170. The van der Waals surface area contributed by atoms with Crippen LogP contribution in [0.15, 0.2) is 23.1 Å². The number of hydrogen-bond acceptors (Lipinski definition) is 3. The molecule has 0 aromatic heterocycles. The second-order valence-corrected chi connectivity index (χ2v) is 6.50. The third-order valence-corrected chi connectivity index (χ3v) is 4.88. The molecule has 0 atom stereocenters. The summed E-state index contributed by atoms with van der Waals surface area (Å²) < 4.78 is 0. The van der Waals surface area contributed by atoms with Crippen LogP contribution in [0.3, 0.4) is 0 Å². The maximum absolute atomic E-state index is 12.0. The number of hydrogen-bond donors (Lipinski definition) is 3. The summed E-state index contributed by atoms with van der Waals surface area (Å²) in [7, 11) is 0.